The Morgan fingerprint density at radius 3 is 2.50 bits per heavy atom. The van der Waals surface area contributed by atoms with Gasteiger partial charge in [0.05, 0.1) is 0 Å². The Morgan fingerprint density at radius 2 is 1.89 bits per heavy atom. The molecule has 7 heteroatoms. The van der Waals surface area contributed by atoms with Gasteiger partial charge in [0.15, 0.2) is 0 Å². The second-order valence-corrected chi connectivity index (χ2v) is 7.82. The summed E-state index contributed by atoms with van der Waals surface area (Å²) < 4.78 is 5.47. The minimum absolute atomic E-state index is 0.0223. The number of nitrogens with zero attached hydrogens (tertiary/aromatic N) is 3. The van der Waals surface area contributed by atoms with Crippen LogP contribution >= 0.6 is 0 Å². The topological polar surface area (TPSA) is 101 Å². The molecule has 0 radical (unpaired) electrons. The van der Waals surface area contributed by atoms with Crippen molar-refractivity contribution < 1.29 is 9.53 Å². The maximum absolute atomic E-state index is 12.3. The van der Waals surface area contributed by atoms with E-state index in [2.05, 4.69) is 10.6 Å². The van der Waals surface area contributed by atoms with Gasteiger partial charge in [0.1, 0.15) is 23.3 Å². The van der Waals surface area contributed by atoms with E-state index in [0.29, 0.717) is 12.5 Å². The van der Waals surface area contributed by atoms with Crippen LogP contribution in [0.4, 0.5) is 16.2 Å². The normalized spacial score (nSPS) is 16.3. The third-order valence-corrected chi connectivity index (χ3v) is 4.27. The van der Waals surface area contributed by atoms with E-state index >= 15 is 0 Å². The van der Waals surface area contributed by atoms with Gasteiger partial charge in [0.25, 0.3) is 0 Å². The fourth-order valence-electron chi connectivity index (χ4n) is 2.92. The first-order valence-electron chi connectivity index (χ1n) is 9.39. The van der Waals surface area contributed by atoms with E-state index in [0.717, 1.165) is 37.3 Å². The second kappa shape index (κ2) is 9.66. The lowest BCUT2D eigenvalue weighted by molar-refractivity contribution is 0.0172. The predicted octanol–water partition coefficient (Wildman–Crippen LogP) is 4.09. The number of hydrogen-bond donors (Lipinski definition) is 2. The molecule has 1 saturated heterocycles. The highest BCUT2D eigenvalue weighted by molar-refractivity contribution is 5.68. The number of likely N-dealkylation sites (tertiary alicyclic amines) is 1. The zero-order chi connectivity index (χ0) is 20.6. The fourth-order valence-corrected chi connectivity index (χ4v) is 2.92. The van der Waals surface area contributed by atoms with Crippen molar-refractivity contribution in [2.45, 2.75) is 39.2 Å². The third-order valence-electron chi connectivity index (χ3n) is 4.27. The number of nitrogens with one attached hydrogen (secondary N) is 2. The number of rotatable bonds is 5. The zero-order valence-corrected chi connectivity index (χ0v) is 16.7. The van der Waals surface area contributed by atoms with E-state index in [9.17, 15) is 4.79 Å². The molecule has 1 heterocycles. The van der Waals surface area contributed by atoms with Crippen LogP contribution in [0.25, 0.3) is 0 Å². The molecule has 0 bridgehead atoms. The lowest BCUT2D eigenvalue weighted by Gasteiger charge is -2.34. The Bertz CT molecular complexity index is 765. The highest BCUT2D eigenvalue weighted by Gasteiger charge is 2.27. The minimum Gasteiger partial charge on any atom is -0.444 e. The highest BCUT2D eigenvalue weighted by atomic mass is 16.6. The zero-order valence-electron chi connectivity index (χ0n) is 16.7. The van der Waals surface area contributed by atoms with Gasteiger partial charge in [-0.15, -0.1) is 0 Å². The molecular formula is C21H27N5O2. The molecule has 0 aromatic heterocycles. The van der Waals surface area contributed by atoms with Gasteiger partial charge in [-0.25, -0.2) is 4.79 Å². The smallest absolute Gasteiger partial charge is 0.410 e. The van der Waals surface area contributed by atoms with E-state index in [1.807, 2.05) is 45.0 Å². The van der Waals surface area contributed by atoms with Gasteiger partial charge < -0.3 is 20.3 Å². The molecule has 2 N–H and O–H groups in total. The van der Waals surface area contributed by atoms with Crippen molar-refractivity contribution in [2.75, 3.05) is 30.3 Å². The Balaban J connectivity index is 1.83. The molecule has 7 nitrogen and oxygen atoms in total. The standard InChI is InChI=1S/C21H27N5O2/c1-21(2,3)28-20(27)26-10-4-5-16(15-26)13-24-18-6-8-19(9-7-18)25-14-17(11-22)12-23/h6-9,14,16,24-25H,4-5,10,13,15H2,1-3H3. The van der Waals surface area contributed by atoms with Gasteiger partial charge in [-0.1, -0.05) is 0 Å². The number of nitriles is 2. The molecule has 148 valence electrons. The van der Waals surface area contributed by atoms with E-state index in [1.54, 1.807) is 17.0 Å². The summed E-state index contributed by atoms with van der Waals surface area (Å²) in [5.41, 5.74) is 1.31. The molecular weight excluding hydrogens is 354 g/mol. The van der Waals surface area contributed by atoms with Crippen LogP contribution in [-0.4, -0.2) is 36.2 Å². The maximum Gasteiger partial charge on any atom is 0.410 e. The van der Waals surface area contributed by atoms with Crippen LogP contribution in [0.15, 0.2) is 36.0 Å². The molecule has 1 aromatic rings. The first-order chi connectivity index (χ1) is 13.3. The number of amides is 1. The molecule has 2 rings (SSSR count). The molecule has 0 spiro atoms. The van der Waals surface area contributed by atoms with Crippen molar-refractivity contribution in [3.05, 3.63) is 36.0 Å². The van der Waals surface area contributed by atoms with E-state index < -0.39 is 5.60 Å². The van der Waals surface area contributed by atoms with Crippen molar-refractivity contribution in [1.82, 2.24) is 4.90 Å². The van der Waals surface area contributed by atoms with E-state index in [1.165, 1.54) is 6.20 Å². The van der Waals surface area contributed by atoms with Gasteiger partial charge >= 0.3 is 6.09 Å². The summed E-state index contributed by atoms with van der Waals surface area (Å²) in [7, 11) is 0. The molecule has 1 aliphatic heterocycles. The number of carbonyl (C=O) groups is 1. The number of carbonyl (C=O) groups excluding carboxylic acids is 1. The summed E-state index contributed by atoms with van der Waals surface area (Å²) in [5.74, 6) is 0.371. The molecule has 1 unspecified atom stereocenters. The molecule has 1 aromatic carbocycles. The van der Waals surface area contributed by atoms with E-state index in [4.69, 9.17) is 15.3 Å². The number of hydrogen-bond acceptors (Lipinski definition) is 6. The third kappa shape index (κ3) is 6.85. The number of piperidine rings is 1. The summed E-state index contributed by atoms with van der Waals surface area (Å²) in [6, 6.07) is 11.2. The number of anilines is 2. The molecule has 1 atom stereocenters. The van der Waals surface area contributed by atoms with E-state index in [-0.39, 0.29) is 11.7 Å². The molecule has 1 amide bonds. The lowest BCUT2D eigenvalue weighted by Crippen LogP contribution is -2.44. The average molecular weight is 381 g/mol. The van der Waals surface area contributed by atoms with Crippen molar-refractivity contribution in [2.24, 2.45) is 5.92 Å². The Morgan fingerprint density at radius 1 is 1.25 bits per heavy atom. The van der Waals surface area contributed by atoms with Crippen LogP contribution in [0.2, 0.25) is 0 Å². The summed E-state index contributed by atoms with van der Waals surface area (Å²) in [4.78, 5) is 14.0. The minimum atomic E-state index is -0.478. The van der Waals surface area contributed by atoms with Gasteiger partial charge in [-0.2, -0.15) is 10.5 Å². The number of ether oxygens (including phenoxy) is 1. The van der Waals surface area contributed by atoms with Crippen LogP contribution in [0.3, 0.4) is 0 Å². The predicted molar refractivity (Wildman–Crippen MR) is 108 cm³/mol. The van der Waals surface area contributed by atoms with Crippen molar-refractivity contribution in [3.63, 3.8) is 0 Å². The summed E-state index contributed by atoms with van der Waals surface area (Å²) in [6.45, 7) is 7.85. The summed E-state index contributed by atoms with van der Waals surface area (Å²) in [6.07, 6.45) is 3.19. The number of benzene rings is 1. The Kier molecular flexibility index (Phi) is 7.28. The molecule has 1 aliphatic rings. The van der Waals surface area contributed by atoms with Crippen LogP contribution < -0.4 is 10.6 Å². The Hall–Kier alpha value is -3.19. The molecule has 28 heavy (non-hydrogen) atoms. The van der Waals surface area contributed by atoms with Crippen LogP contribution in [0, 0.1) is 28.6 Å². The molecule has 1 fully saturated rings. The van der Waals surface area contributed by atoms with Gasteiger partial charge in [-0.05, 0) is 63.8 Å². The Labute approximate surface area is 166 Å². The van der Waals surface area contributed by atoms with Crippen molar-refractivity contribution in [1.29, 1.82) is 10.5 Å². The largest absolute Gasteiger partial charge is 0.444 e. The van der Waals surface area contributed by atoms with Crippen molar-refractivity contribution in [3.8, 4) is 12.1 Å². The van der Waals surface area contributed by atoms with Gasteiger partial charge in [-0.3, -0.25) is 0 Å². The second-order valence-electron chi connectivity index (χ2n) is 7.82. The molecule has 0 aliphatic carbocycles. The van der Waals surface area contributed by atoms with Gasteiger partial charge in [0.2, 0.25) is 0 Å². The number of allylic oxidation sites excluding steroid dienone is 1. The first kappa shape index (κ1) is 21.1. The van der Waals surface area contributed by atoms with Crippen LogP contribution in [0.5, 0.6) is 0 Å². The quantitative estimate of drug-likeness (QED) is 0.745. The summed E-state index contributed by atoms with van der Waals surface area (Å²) >= 11 is 0. The van der Waals surface area contributed by atoms with Crippen molar-refractivity contribution >= 4 is 17.5 Å². The first-order valence-corrected chi connectivity index (χ1v) is 9.39. The monoisotopic (exact) mass is 381 g/mol. The summed E-state index contributed by atoms with van der Waals surface area (Å²) in [5, 5.41) is 23.8. The van der Waals surface area contributed by atoms with Crippen LogP contribution in [0.1, 0.15) is 33.6 Å². The lowest BCUT2D eigenvalue weighted by atomic mass is 9.98. The highest BCUT2D eigenvalue weighted by Crippen LogP contribution is 2.21. The SMILES string of the molecule is CC(C)(C)OC(=O)N1CCCC(CNc2ccc(NC=C(C#N)C#N)cc2)C1. The maximum atomic E-state index is 12.3. The van der Waals surface area contributed by atoms with Gasteiger partial charge in [0, 0.05) is 37.2 Å². The molecule has 0 saturated carbocycles. The average Bonchev–Trinajstić information content (AvgIpc) is 2.67. The fraction of sp³-hybridized carbons (Fsp3) is 0.476. The van der Waals surface area contributed by atoms with Crippen LogP contribution in [-0.2, 0) is 4.74 Å².